The van der Waals surface area contributed by atoms with Crippen LogP contribution in [0.25, 0.3) is 0 Å². The van der Waals surface area contributed by atoms with Crippen molar-refractivity contribution in [2.75, 3.05) is 0 Å². The first-order valence-corrected chi connectivity index (χ1v) is 6.88. The molecule has 0 unspecified atom stereocenters. The molecule has 1 heteroatoms. The normalized spacial score (nSPS) is 30.9. The van der Waals surface area contributed by atoms with Crippen molar-refractivity contribution in [3.05, 3.63) is 0 Å². The van der Waals surface area contributed by atoms with Crippen LogP contribution in [0.2, 0.25) is 9.50 Å². The van der Waals surface area contributed by atoms with Crippen LogP contribution in [0, 0.1) is 0 Å². The average molecular weight is 157 g/mol. The van der Waals surface area contributed by atoms with Gasteiger partial charge < -0.3 is 0 Å². The molecule has 0 aliphatic heterocycles. The molecule has 0 amide bonds. The molecule has 0 bridgehead atoms. The van der Waals surface area contributed by atoms with E-state index in [1.165, 1.54) is 9.50 Å². The van der Waals surface area contributed by atoms with Crippen LogP contribution in [0.3, 0.4) is 0 Å². The molecule has 0 aromatic carbocycles. The fraction of sp³-hybridized carbons (Fsp3) is 1.00. The monoisotopic (exact) mass is 158 g/mol. The maximum atomic E-state index is 1.64. The van der Waals surface area contributed by atoms with Crippen molar-refractivity contribution in [3.8, 4) is 0 Å². The van der Waals surface area contributed by atoms with E-state index in [0.717, 1.165) is 0 Å². The third-order valence-corrected chi connectivity index (χ3v) is 8.28. The Morgan fingerprint density at radius 1 is 0.857 bits per heavy atom. The van der Waals surface area contributed by atoms with Crippen molar-refractivity contribution in [1.82, 2.24) is 0 Å². The third-order valence-electron chi connectivity index (χ3n) is 2.06. The van der Waals surface area contributed by atoms with Gasteiger partial charge in [-0.2, -0.15) is 0 Å². The molecular weight excluding hydrogens is 145 g/mol. The van der Waals surface area contributed by atoms with Crippen LogP contribution in [-0.2, 0) is 0 Å². The molecule has 2 saturated carbocycles. The summed E-state index contributed by atoms with van der Waals surface area (Å²) in [6.45, 7) is 0. The molecule has 0 spiro atoms. The minimum absolute atomic E-state index is 0.125. The zero-order valence-corrected chi connectivity index (χ0v) is 7.66. The summed E-state index contributed by atoms with van der Waals surface area (Å²) in [7, 11) is 0. The van der Waals surface area contributed by atoms with E-state index in [1.54, 1.807) is 25.7 Å². The Morgan fingerprint density at radius 3 is 1.57 bits per heavy atom. The summed E-state index contributed by atoms with van der Waals surface area (Å²) in [6, 6.07) is 0. The zero-order chi connectivity index (χ0) is 4.69. The summed E-state index contributed by atoms with van der Waals surface area (Å²) in [5.74, 6) is 0. The predicted molar refractivity (Wildman–Crippen MR) is 34.5 cm³/mol. The van der Waals surface area contributed by atoms with Crippen LogP contribution in [0.1, 0.15) is 25.7 Å². The molecule has 2 aliphatic rings. The molecule has 2 fully saturated rings. The van der Waals surface area contributed by atoms with Crippen molar-refractivity contribution in [1.29, 1.82) is 0 Å². The van der Waals surface area contributed by atoms with Gasteiger partial charge in [-0.15, -0.1) is 0 Å². The Bertz CT molecular complexity index is 62.2. The van der Waals surface area contributed by atoms with Crippen LogP contribution in [0.5, 0.6) is 0 Å². The topological polar surface area (TPSA) is 0 Å². The fourth-order valence-corrected chi connectivity index (χ4v) is 6.12. The fourth-order valence-electron chi connectivity index (χ4n) is 1.18. The van der Waals surface area contributed by atoms with Crippen molar-refractivity contribution < 1.29 is 0 Å². The van der Waals surface area contributed by atoms with Gasteiger partial charge in [-0.1, -0.05) is 0 Å². The number of hydrogen-bond donors (Lipinski definition) is 0. The minimum atomic E-state index is 0.125. The van der Waals surface area contributed by atoms with Crippen LogP contribution >= 0.6 is 0 Å². The predicted octanol–water partition coefficient (Wildman–Crippen LogP) is 1.32. The summed E-state index contributed by atoms with van der Waals surface area (Å²) >= 11 is 0.125. The van der Waals surface area contributed by atoms with E-state index >= 15 is 0 Å². The second-order valence-corrected chi connectivity index (χ2v) is 8.96. The summed E-state index contributed by atoms with van der Waals surface area (Å²) in [4.78, 5) is 0. The van der Waals surface area contributed by atoms with E-state index < -0.39 is 0 Å². The molecule has 7 heavy (non-hydrogen) atoms. The van der Waals surface area contributed by atoms with E-state index in [1.807, 2.05) is 0 Å². The molecule has 0 aromatic heterocycles. The van der Waals surface area contributed by atoms with Crippen molar-refractivity contribution in [2.24, 2.45) is 0 Å². The Kier molecular flexibility index (Phi) is 0.954. The second-order valence-electron chi connectivity index (χ2n) is 3.12. The third kappa shape index (κ3) is 1.21. The molecular formula is C6H12Ge. The van der Waals surface area contributed by atoms with Crippen molar-refractivity contribution >= 4 is 15.4 Å². The maximum absolute atomic E-state index is 1.64. The van der Waals surface area contributed by atoms with Gasteiger partial charge in [0, 0.05) is 0 Å². The molecule has 0 nitrogen and oxygen atoms in total. The molecule has 0 atom stereocenters. The van der Waals surface area contributed by atoms with Crippen LogP contribution in [0.4, 0.5) is 0 Å². The molecule has 0 saturated heterocycles. The summed E-state index contributed by atoms with van der Waals surface area (Å²) in [5.41, 5.74) is 0. The molecule has 2 aliphatic carbocycles. The van der Waals surface area contributed by atoms with Gasteiger partial charge in [0.05, 0.1) is 0 Å². The van der Waals surface area contributed by atoms with Crippen molar-refractivity contribution in [3.63, 3.8) is 0 Å². The second kappa shape index (κ2) is 1.51. The van der Waals surface area contributed by atoms with Crippen LogP contribution in [-0.4, -0.2) is 15.4 Å². The summed E-state index contributed by atoms with van der Waals surface area (Å²) in [6.07, 6.45) is 6.54. The van der Waals surface area contributed by atoms with E-state index in [4.69, 9.17) is 0 Å². The number of rotatable bonds is 2. The molecule has 40 valence electrons. The van der Waals surface area contributed by atoms with Crippen molar-refractivity contribution in [2.45, 2.75) is 35.2 Å². The van der Waals surface area contributed by atoms with Gasteiger partial charge in [0.25, 0.3) is 0 Å². The molecule has 2 rings (SSSR count). The first-order chi connectivity index (χ1) is 3.45. The van der Waals surface area contributed by atoms with Gasteiger partial charge in [0.15, 0.2) is 0 Å². The zero-order valence-electron chi connectivity index (χ0n) is 4.69. The average Bonchev–Trinajstić information content (AvgIpc) is 2.33. The van der Waals surface area contributed by atoms with Gasteiger partial charge >= 0.3 is 50.6 Å². The van der Waals surface area contributed by atoms with Gasteiger partial charge in [-0.25, -0.2) is 0 Å². The van der Waals surface area contributed by atoms with Gasteiger partial charge in [-0.05, 0) is 0 Å². The van der Waals surface area contributed by atoms with E-state index in [9.17, 15) is 0 Å². The standard InChI is InChI=1S/C6H12Ge/c1-2-5(1)7-6-3-4-6/h5-6H,1-4,7H2. The van der Waals surface area contributed by atoms with E-state index in [2.05, 4.69) is 0 Å². The Morgan fingerprint density at radius 2 is 1.29 bits per heavy atom. The van der Waals surface area contributed by atoms with Gasteiger partial charge in [0.2, 0.25) is 0 Å². The van der Waals surface area contributed by atoms with E-state index in [0.29, 0.717) is 0 Å². The molecule has 0 radical (unpaired) electrons. The van der Waals surface area contributed by atoms with Crippen LogP contribution < -0.4 is 0 Å². The Labute approximate surface area is 51.1 Å². The van der Waals surface area contributed by atoms with Crippen LogP contribution in [0.15, 0.2) is 0 Å². The van der Waals surface area contributed by atoms with Gasteiger partial charge in [-0.3, -0.25) is 0 Å². The van der Waals surface area contributed by atoms with Gasteiger partial charge in [0.1, 0.15) is 0 Å². The Hall–Kier alpha value is 0.543. The molecule has 0 N–H and O–H groups in total. The van der Waals surface area contributed by atoms with E-state index in [-0.39, 0.29) is 15.4 Å². The summed E-state index contributed by atoms with van der Waals surface area (Å²) in [5, 5.41) is 0. The number of hydrogen-bond acceptors (Lipinski definition) is 0. The first kappa shape index (κ1) is 4.42. The quantitative estimate of drug-likeness (QED) is 0.530. The SMILES string of the molecule is C1C[CH]1[GeH2][CH]1CC1. The summed E-state index contributed by atoms with van der Waals surface area (Å²) < 4.78 is 2.75. The molecule has 0 aromatic rings. The Balaban J connectivity index is 1.69. The molecule has 0 heterocycles. The first-order valence-electron chi connectivity index (χ1n) is 3.45.